The number of rotatable bonds is 7. The second kappa shape index (κ2) is 7.34. The smallest absolute Gasteiger partial charge is 0.151 e. The van der Waals surface area contributed by atoms with Crippen LogP contribution >= 0.6 is 0 Å². The molecule has 0 bridgehead atoms. The number of aryl methyl sites for hydroxylation is 1. The van der Waals surface area contributed by atoms with Gasteiger partial charge in [0.1, 0.15) is 6.10 Å². The molecule has 0 aromatic heterocycles. The zero-order valence-corrected chi connectivity index (χ0v) is 10.7. The first-order valence-corrected chi connectivity index (χ1v) is 6.34. The Balaban J connectivity index is 1.79. The minimum atomic E-state index is -0.444. The van der Waals surface area contributed by atoms with Gasteiger partial charge in [0.25, 0.3) is 0 Å². The maximum Gasteiger partial charge on any atom is 0.151 e. The van der Waals surface area contributed by atoms with Crippen molar-refractivity contribution in [2.24, 2.45) is 0 Å². The molecule has 0 aliphatic heterocycles. The summed E-state index contributed by atoms with van der Waals surface area (Å²) in [5, 5.41) is 0. The Labute approximate surface area is 113 Å². The van der Waals surface area contributed by atoms with Gasteiger partial charge in [-0.05, 0) is 30.5 Å². The van der Waals surface area contributed by atoms with E-state index in [4.69, 9.17) is 4.84 Å². The maximum absolute atomic E-state index is 11.0. The van der Waals surface area contributed by atoms with E-state index in [0.717, 1.165) is 18.4 Å². The van der Waals surface area contributed by atoms with Gasteiger partial charge in [-0.2, -0.15) is 0 Å². The van der Waals surface area contributed by atoms with Crippen LogP contribution in [-0.4, -0.2) is 12.4 Å². The molecular weight excluding hydrogens is 238 g/mol. The summed E-state index contributed by atoms with van der Waals surface area (Å²) in [6.45, 7) is 0. The molecule has 98 valence electrons. The average molecular weight is 255 g/mol. The van der Waals surface area contributed by atoms with Crippen LogP contribution in [0.5, 0.6) is 0 Å². The lowest BCUT2D eigenvalue weighted by Crippen LogP contribution is -2.19. The highest BCUT2D eigenvalue weighted by Gasteiger charge is 2.08. The van der Waals surface area contributed by atoms with Crippen LogP contribution in [0.2, 0.25) is 0 Å². The summed E-state index contributed by atoms with van der Waals surface area (Å²) in [5.41, 5.74) is 4.85. The molecule has 0 saturated carbocycles. The van der Waals surface area contributed by atoms with Gasteiger partial charge in [0.15, 0.2) is 6.29 Å². The minimum Gasteiger partial charge on any atom is -0.300 e. The number of carbonyl (C=O) groups excluding carboxylic acids is 1. The van der Waals surface area contributed by atoms with Crippen LogP contribution < -0.4 is 5.48 Å². The number of nitrogens with one attached hydrogen (secondary N) is 1. The van der Waals surface area contributed by atoms with Crippen molar-refractivity contribution in [3.63, 3.8) is 0 Å². The monoisotopic (exact) mass is 255 g/mol. The quantitative estimate of drug-likeness (QED) is 0.609. The van der Waals surface area contributed by atoms with Gasteiger partial charge >= 0.3 is 0 Å². The molecule has 19 heavy (non-hydrogen) atoms. The van der Waals surface area contributed by atoms with Crippen molar-refractivity contribution in [2.45, 2.75) is 18.9 Å². The predicted molar refractivity (Wildman–Crippen MR) is 75.8 cm³/mol. The number of benzene rings is 2. The van der Waals surface area contributed by atoms with E-state index in [1.165, 1.54) is 5.56 Å². The average Bonchev–Trinajstić information content (AvgIpc) is 2.49. The normalized spacial score (nSPS) is 11.8. The number of para-hydroxylation sites is 1. The molecule has 3 heteroatoms. The third kappa shape index (κ3) is 4.56. The Kier molecular flexibility index (Phi) is 5.14. The van der Waals surface area contributed by atoms with Crippen LogP contribution in [0, 0.1) is 0 Å². The lowest BCUT2D eigenvalue weighted by Gasteiger charge is -2.13. The standard InChI is InChI=1S/C16H17NO2/c18-13-16(12-11-14-7-3-1-4-8-14)19-17-15-9-5-2-6-10-15/h1-10,13,16-17H,11-12H2/t16-/m0/s1. The van der Waals surface area contributed by atoms with E-state index >= 15 is 0 Å². The van der Waals surface area contributed by atoms with E-state index < -0.39 is 6.10 Å². The van der Waals surface area contributed by atoms with Crippen LogP contribution in [0.1, 0.15) is 12.0 Å². The maximum atomic E-state index is 11.0. The number of carbonyl (C=O) groups is 1. The fraction of sp³-hybridized carbons (Fsp3) is 0.188. The van der Waals surface area contributed by atoms with Crippen LogP contribution in [0.25, 0.3) is 0 Å². The molecule has 0 fully saturated rings. The van der Waals surface area contributed by atoms with E-state index in [1.807, 2.05) is 60.7 Å². The molecule has 0 amide bonds. The Morgan fingerprint density at radius 3 is 2.26 bits per heavy atom. The first kappa shape index (κ1) is 13.3. The van der Waals surface area contributed by atoms with Gasteiger partial charge in [0, 0.05) is 0 Å². The fourth-order valence-electron chi connectivity index (χ4n) is 1.76. The summed E-state index contributed by atoms with van der Waals surface area (Å²) >= 11 is 0. The lowest BCUT2D eigenvalue weighted by atomic mass is 10.1. The van der Waals surface area contributed by atoms with Crippen molar-refractivity contribution in [3.8, 4) is 0 Å². The van der Waals surface area contributed by atoms with Crippen LogP contribution in [0.15, 0.2) is 60.7 Å². The summed E-state index contributed by atoms with van der Waals surface area (Å²) < 4.78 is 0. The Morgan fingerprint density at radius 1 is 1.00 bits per heavy atom. The van der Waals surface area contributed by atoms with Crippen molar-refractivity contribution in [3.05, 3.63) is 66.2 Å². The molecule has 2 aromatic carbocycles. The van der Waals surface area contributed by atoms with Crippen molar-refractivity contribution in [1.29, 1.82) is 0 Å². The van der Waals surface area contributed by atoms with Gasteiger partial charge in [-0.25, -0.2) is 0 Å². The molecule has 2 aromatic rings. The zero-order chi connectivity index (χ0) is 13.3. The van der Waals surface area contributed by atoms with Crippen LogP contribution in [0.4, 0.5) is 5.69 Å². The second-order valence-corrected chi connectivity index (χ2v) is 4.28. The third-order valence-corrected chi connectivity index (χ3v) is 2.81. The largest absolute Gasteiger partial charge is 0.300 e. The molecule has 0 heterocycles. The number of aldehydes is 1. The Hall–Kier alpha value is -2.13. The molecule has 0 radical (unpaired) electrons. The molecule has 0 aliphatic carbocycles. The van der Waals surface area contributed by atoms with Gasteiger partial charge < -0.3 is 4.79 Å². The van der Waals surface area contributed by atoms with Crippen molar-refractivity contribution < 1.29 is 9.63 Å². The number of hydrogen-bond acceptors (Lipinski definition) is 3. The third-order valence-electron chi connectivity index (χ3n) is 2.81. The zero-order valence-electron chi connectivity index (χ0n) is 10.7. The molecule has 0 saturated heterocycles. The van der Waals surface area contributed by atoms with Gasteiger partial charge in [0.05, 0.1) is 5.69 Å². The molecule has 2 rings (SSSR count). The van der Waals surface area contributed by atoms with E-state index in [0.29, 0.717) is 6.42 Å². The van der Waals surface area contributed by atoms with Crippen LogP contribution in [-0.2, 0) is 16.1 Å². The highest BCUT2D eigenvalue weighted by atomic mass is 16.7. The first-order valence-electron chi connectivity index (χ1n) is 6.34. The summed E-state index contributed by atoms with van der Waals surface area (Å²) in [6, 6.07) is 19.6. The number of hydrogen-bond donors (Lipinski definition) is 1. The van der Waals surface area contributed by atoms with Crippen molar-refractivity contribution >= 4 is 12.0 Å². The van der Waals surface area contributed by atoms with E-state index in [1.54, 1.807) is 0 Å². The second-order valence-electron chi connectivity index (χ2n) is 4.28. The fourth-order valence-corrected chi connectivity index (χ4v) is 1.76. The van der Waals surface area contributed by atoms with Crippen molar-refractivity contribution in [1.82, 2.24) is 0 Å². The van der Waals surface area contributed by atoms with Gasteiger partial charge in [-0.15, -0.1) is 0 Å². The van der Waals surface area contributed by atoms with Crippen LogP contribution in [0.3, 0.4) is 0 Å². The molecular formula is C16H17NO2. The van der Waals surface area contributed by atoms with E-state index in [2.05, 4.69) is 5.48 Å². The Bertz CT molecular complexity index is 441. The van der Waals surface area contributed by atoms with Gasteiger partial charge in [-0.3, -0.25) is 10.3 Å². The Morgan fingerprint density at radius 2 is 1.63 bits per heavy atom. The lowest BCUT2D eigenvalue weighted by molar-refractivity contribution is -0.116. The minimum absolute atomic E-state index is 0.444. The molecule has 1 atom stereocenters. The summed E-state index contributed by atoms with van der Waals surface area (Å²) in [5.74, 6) is 0. The van der Waals surface area contributed by atoms with Gasteiger partial charge in [0.2, 0.25) is 0 Å². The molecule has 0 aliphatic rings. The highest BCUT2D eigenvalue weighted by Crippen LogP contribution is 2.09. The molecule has 3 nitrogen and oxygen atoms in total. The van der Waals surface area contributed by atoms with E-state index in [-0.39, 0.29) is 0 Å². The molecule has 0 spiro atoms. The predicted octanol–water partition coefficient (Wildman–Crippen LogP) is 3.23. The van der Waals surface area contributed by atoms with Gasteiger partial charge in [-0.1, -0.05) is 48.5 Å². The number of anilines is 1. The molecule has 0 unspecified atom stereocenters. The van der Waals surface area contributed by atoms with E-state index in [9.17, 15) is 4.79 Å². The topological polar surface area (TPSA) is 38.3 Å². The summed E-state index contributed by atoms with van der Waals surface area (Å²) in [7, 11) is 0. The van der Waals surface area contributed by atoms with Crippen molar-refractivity contribution in [2.75, 3.05) is 5.48 Å². The molecule has 1 N–H and O–H groups in total. The summed E-state index contributed by atoms with van der Waals surface area (Å²) in [4.78, 5) is 16.4. The SMILES string of the molecule is O=C[C@H](CCc1ccccc1)ONc1ccccc1. The first-order chi connectivity index (χ1) is 9.38. The highest BCUT2D eigenvalue weighted by molar-refractivity contribution is 5.56. The summed E-state index contributed by atoms with van der Waals surface area (Å²) in [6.07, 6.45) is 1.87.